The molecule has 0 aromatic carbocycles. The van der Waals surface area contributed by atoms with Crippen molar-refractivity contribution in [3.63, 3.8) is 0 Å². The predicted octanol–water partition coefficient (Wildman–Crippen LogP) is 2.10. The number of nitrogens with zero attached hydrogens (tertiary/aromatic N) is 1. The summed E-state index contributed by atoms with van der Waals surface area (Å²) in [6.07, 6.45) is 4.12. The van der Waals surface area contributed by atoms with Gasteiger partial charge in [0.25, 0.3) is 0 Å². The van der Waals surface area contributed by atoms with Crippen molar-refractivity contribution < 1.29 is 0 Å². The van der Waals surface area contributed by atoms with Crippen molar-refractivity contribution in [1.29, 1.82) is 0 Å². The maximum absolute atomic E-state index is 2.50. The maximum atomic E-state index is 2.50. The number of rotatable bonds is 1. The summed E-state index contributed by atoms with van der Waals surface area (Å²) in [6.45, 7) is 1.30. The Hall–Kier alpha value is 0.0500. The molecule has 0 N–H and O–H groups in total. The fourth-order valence-electron chi connectivity index (χ4n) is 2.03. The van der Waals surface area contributed by atoms with E-state index in [0.717, 1.165) is 6.04 Å². The van der Waals surface area contributed by atoms with Gasteiger partial charge in [0.05, 0.1) is 0 Å². The highest BCUT2D eigenvalue weighted by Gasteiger charge is 2.25. The molecule has 0 amide bonds. The van der Waals surface area contributed by atoms with Gasteiger partial charge in [0.2, 0.25) is 0 Å². The summed E-state index contributed by atoms with van der Waals surface area (Å²) < 4.78 is 0. The highest BCUT2D eigenvalue weighted by atomic mass is 32.2. The van der Waals surface area contributed by atoms with E-state index in [-0.39, 0.29) is 0 Å². The number of likely N-dealkylation sites (N-methyl/N-ethyl adjacent to an activating group) is 1. The Bertz CT molecular complexity index is 176. The Labute approximate surface area is 72.8 Å². The molecule has 0 aromatic rings. The monoisotopic (exact) mass is 169 g/mol. The van der Waals surface area contributed by atoms with Crippen LogP contribution in [0.5, 0.6) is 0 Å². The predicted molar refractivity (Wildman–Crippen MR) is 50.8 cm³/mol. The number of hydrogen-bond acceptors (Lipinski definition) is 2. The van der Waals surface area contributed by atoms with Crippen LogP contribution in [0.3, 0.4) is 0 Å². The second-order valence-corrected chi connectivity index (χ2v) is 4.43. The Morgan fingerprint density at radius 1 is 1.64 bits per heavy atom. The summed E-state index contributed by atoms with van der Waals surface area (Å²) in [5.41, 5.74) is 1.69. The zero-order valence-electron chi connectivity index (χ0n) is 7.05. The Kier molecular flexibility index (Phi) is 2.23. The van der Waals surface area contributed by atoms with E-state index in [9.17, 15) is 0 Å². The van der Waals surface area contributed by atoms with Crippen LogP contribution in [-0.4, -0.2) is 30.3 Å². The largest absolute Gasteiger partial charge is 0.300 e. The van der Waals surface area contributed by atoms with Gasteiger partial charge in [0, 0.05) is 11.8 Å². The molecule has 2 heterocycles. The highest BCUT2D eigenvalue weighted by Crippen LogP contribution is 2.31. The van der Waals surface area contributed by atoms with Crippen LogP contribution in [0.4, 0.5) is 0 Å². The third kappa shape index (κ3) is 1.47. The maximum Gasteiger partial charge on any atom is 0.0313 e. The van der Waals surface area contributed by atoms with E-state index in [1.807, 2.05) is 11.8 Å². The van der Waals surface area contributed by atoms with Crippen molar-refractivity contribution in [3.8, 4) is 0 Å². The molecule has 1 fully saturated rings. The minimum Gasteiger partial charge on any atom is -0.300 e. The number of hydrogen-bond donors (Lipinski definition) is 0. The molecule has 0 aromatic heterocycles. The summed E-state index contributed by atoms with van der Waals surface area (Å²) in [6, 6.07) is 0.796. The lowest BCUT2D eigenvalue weighted by molar-refractivity contribution is 0.342. The molecule has 0 aliphatic carbocycles. The van der Waals surface area contributed by atoms with Gasteiger partial charge < -0.3 is 0 Å². The zero-order valence-corrected chi connectivity index (χ0v) is 7.86. The summed E-state index contributed by atoms with van der Waals surface area (Å²) in [5, 5.41) is 2.38. The Balaban J connectivity index is 2.03. The normalized spacial score (nSPS) is 32.8. The number of likely N-dealkylation sites (tertiary alicyclic amines) is 1. The van der Waals surface area contributed by atoms with Crippen LogP contribution in [0.1, 0.15) is 19.3 Å². The second-order valence-electron chi connectivity index (χ2n) is 3.45. The molecule has 0 saturated carbocycles. The molecule has 1 nitrogen and oxygen atoms in total. The van der Waals surface area contributed by atoms with Crippen LogP contribution >= 0.6 is 11.8 Å². The second kappa shape index (κ2) is 3.20. The third-order valence-corrected chi connectivity index (χ3v) is 3.60. The molecule has 2 rings (SSSR count). The van der Waals surface area contributed by atoms with Gasteiger partial charge in [-0.15, -0.1) is 11.8 Å². The standard InChI is InChI=1S/C9H15NS/c1-10-5-2-3-9(10)8-4-6-11-7-8/h7,9H,2-6H2,1H3. The fraction of sp³-hybridized carbons (Fsp3) is 0.778. The van der Waals surface area contributed by atoms with Crippen molar-refractivity contribution in [2.24, 2.45) is 0 Å². The molecule has 0 spiro atoms. The van der Waals surface area contributed by atoms with Gasteiger partial charge in [-0.1, -0.05) is 0 Å². The Morgan fingerprint density at radius 3 is 3.09 bits per heavy atom. The van der Waals surface area contributed by atoms with Gasteiger partial charge >= 0.3 is 0 Å². The van der Waals surface area contributed by atoms with E-state index >= 15 is 0 Å². The molecule has 62 valence electrons. The summed E-state index contributed by atoms with van der Waals surface area (Å²) in [5.74, 6) is 1.32. The number of thioether (sulfide) groups is 1. The highest BCUT2D eigenvalue weighted by molar-refractivity contribution is 8.02. The van der Waals surface area contributed by atoms with E-state index in [2.05, 4.69) is 17.4 Å². The van der Waals surface area contributed by atoms with Crippen LogP contribution in [0.15, 0.2) is 11.0 Å². The first-order chi connectivity index (χ1) is 5.38. The molecule has 1 atom stereocenters. The van der Waals surface area contributed by atoms with Crippen molar-refractivity contribution in [1.82, 2.24) is 4.90 Å². The molecular weight excluding hydrogens is 154 g/mol. The van der Waals surface area contributed by atoms with Crippen molar-refractivity contribution >= 4 is 11.8 Å². The van der Waals surface area contributed by atoms with Crippen molar-refractivity contribution in [2.45, 2.75) is 25.3 Å². The van der Waals surface area contributed by atoms with Gasteiger partial charge in [-0.2, -0.15) is 0 Å². The van der Waals surface area contributed by atoms with E-state index in [1.54, 1.807) is 5.57 Å². The summed E-state index contributed by atoms with van der Waals surface area (Å²) in [4.78, 5) is 2.50. The van der Waals surface area contributed by atoms with Gasteiger partial charge in [-0.3, -0.25) is 4.90 Å². The lowest BCUT2D eigenvalue weighted by Gasteiger charge is -2.20. The van der Waals surface area contributed by atoms with Crippen LogP contribution in [0.2, 0.25) is 0 Å². The molecule has 1 saturated heterocycles. The smallest absolute Gasteiger partial charge is 0.0313 e. The average Bonchev–Trinajstić information content (AvgIpc) is 2.55. The molecule has 2 aliphatic rings. The van der Waals surface area contributed by atoms with Crippen LogP contribution in [-0.2, 0) is 0 Å². The van der Waals surface area contributed by atoms with Gasteiger partial charge in [0.15, 0.2) is 0 Å². The van der Waals surface area contributed by atoms with Crippen molar-refractivity contribution in [2.75, 3.05) is 19.3 Å². The van der Waals surface area contributed by atoms with Crippen LogP contribution < -0.4 is 0 Å². The first-order valence-electron chi connectivity index (χ1n) is 4.39. The Morgan fingerprint density at radius 2 is 2.55 bits per heavy atom. The van der Waals surface area contributed by atoms with E-state index in [4.69, 9.17) is 0 Å². The van der Waals surface area contributed by atoms with E-state index in [1.165, 1.54) is 31.6 Å². The van der Waals surface area contributed by atoms with Gasteiger partial charge in [-0.05, 0) is 43.8 Å². The van der Waals surface area contributed by atoms with Crippen molar-refractivity contribution in [3.05, 3.63) is 11.0 Å². The van der Waals surface area contributed by atoms with Crippen LogP contribution in [0.25, 0.3) is 0 Å². The lowest BCUT2D eigenvalue weighted by Crippen LogP contribution is -2.26. The SMILES string of the molecule is CN1CCCC1C1=CSCC1. The quantitative estimate of drug-likeness (QED) is 0.591. The first-order valence-corrected chi connectivity index (χ1v) is 5.43. The summed E-state index contributed by atoms with van der Waals surface area (Å²) >= 11 is 1.98. The van der Waals surface area contributed by atoms with E-state index < -0.39 is 0 Å². The minimum atomic E-state index is 0.796. The minimum absolute atomic E-state index is 0.796. The van der Waals surface area contributed by atoms with Gasteiger partial charge in [0.1, 0.15) is 0 Å². The summed E-state index contributed by atoms with van der Waals surface area (Å²) in [7, 11) is 2.25. The molecule has 1 unspecified atom stereocenters. The molecule has 2 heteroatoms. The zero-order chi connectivity index (χ0) is 7.68. The fourth-order valence-corrected chi connectivity index (χ4v) is 2.99. The third-order valence-electron chi connectivity index (χ3n) is 2.69. The van der Waals surface area contributed by atoms with Gasteiger partial charge in [-0.25, -0.2) is 0 Å². The topological polar surface area (TPSA) is 3.24 Å². The van der Waals surface area contributed by atoms with E-state index in [0.29, 0.717) is 0 Å². The first kappa shape index (κ1) is 7.69. The molecule has 0 bridgehead atoms. The molecule has 11 heavy (non-hydrogen) atoms. The molecule has 2 aliphatic heterocycles. The molecular formula is C9H15NS. The van der Waals surface area contributed by atoms with Crippen LogP contribution in [0, 0.1) is 0 Å². The molecule has 0 radical (unpaired) electrons. The average molecular weight is 169 g/mol. The lowest BCUT2D eigenvalue weighted by atomic mass is 10.0.